The Morgan fingerprint density at radius 3 is 2.68 bits per heavy atom. The molecular weight excluding hydrogens is 396 g/mol. The second kappa shape index (κ2) is 8.71. The fraction of sp³-hybridized carbons (Fsp3) is 0.286. The number of fused-ring (bicyclic) bond motifs is 1. The summed E-state index contributed by atoms with van der Waals surface area (Å²) in [6.45, 7) is 6.30. The van der Waals surface area contributed by atoms with E-state index in [4.69, 9.17) is 16.3 Å². The van der Waals surface area contributed by atoms with Crippen molar-refractivity contribution in [2.45, 2.75) is 33.2 Å². The molecule has 0 aliphatic heterocycles. The molecule has 0 atom stereocenters. The Morgan fingerprint density at radius 1 is 1.21 bits per heavy atom. The topological polar surface area (TPSA) is 60.7 Å². The van der Waals surface area contributed by atoms with Crippen molar-refractivity contribution in [3.63, 3.8) is 0 Å². The number of ether oxygens (including phenoxy) is 1. The first-order valence-electron chi connectivity index (χ1n) is 9.02. The van der Waals surface area contributed by atoms with Gasteiger partial charge in [0, 0.05) is 10.6 Å². The Balaban J connectivity index is 2.13. The van der Waals surface area contributed by atoms with Gasteiger partial charge in [0.1, 0.15) is 6.54 Å². The van der Waals surface area contributed by atoms with Crippen molar-refractivity contribution < 1.29 is 14.3 Å². The largest absolute Gasteiger partial charge is 0.465 e. The maximum atomic E-state index is 12.6. The number of aromatic nitrogens is 1. The molecule has 146 valence electrons. The van der Waals surface area contributed by atoms with Gasteiger partial charge in [-0.3, -0.25) is 9.59 Å². The highest BCUT2D eigenvalue weighted by Crippen LogP contribution is 2.24. The van der Waals surface area contributed by atoms with Crippen molar-refractivity contribution in [1.82, 2.24) is 4.57 Å². The number of benzene rings is 2. The van der Waals surface area contributed by atoms with E-state index in [0.717, 1.165) is 10.2 Å². The van der Waals surface area contributed by atoms with Crippen molar-refractivity contribution in [3.8, 4) is 0 Å². The van der Waals surface area contributed by atoms with Crippen molar-refractivity contribution >= 4 is 45.0 Å². The molecule has 7 heteroatoms. The van der Waals surface area contributed by atoms with E-state index in [1.54, 1.807) is 35.8 Å². The predicted octanol–water partition coefficient (Wildman–Crippen LogP) is 4.78. The third kappa shape index (κ3) is 4.51. The summed E-state index contributed by atoms with van der Waals surface area (Å²) in [5.41, 5.74) is 2.43. The average molecular weight is 417 g/mol. The zero-order valence-electron chi connectivity index (χ0n) is 15.9. The van der Waals surface area contributed by atoms with Gasteiger partial charge in [-0.25, -0.2) is 0 Å². The SMILES string of the molecule is CCOC(=O)Cn1c(=NC(=O)c2cccc(Cl)c2)sc2cc(C(C)C)ccc21. The van der Waals surface area contributed by atoms with Crippen molar-refractivity contribution in [1.29, 1.82) is 0 Å². The number of esters is 1. The van der Waals surface area contributed by atoms with Crippen LogP contribution in [0.25, 0.3) is 10.2 Å². The zero-order chi connectivity index (χ0) is 20.3. The standard InChI is InChI=1S/C21H21ClN2O3S/c1-4-27-19(25)12-24-17-9-8-14(13(2)3)11-18(17)28-21(24)23-20(26)15-6-5-7-16(22)10-15/h5-11,13H,4,12H2,1-3H3. The van der Waals surface area contributed by atoms with E-state index in [1.165, 1.54) is 16.9 Å². The number of halogens is 1. The number of nitrogens with zero attached hydrogens (tertiary/aromatic N) is 2. The van der Waals surface area contributed by atoms with Gasteiger partial charge < -0.3 is 9.30 Å². The Hall–Kier alpha value is -2.44. The molecule has 0 aliphatic carbocycles. The molecule has 0 fully saturated rings. The van der Waals surface area contributed by atoms with Crippen LogP contribution >= 0.6 is 22.9 Å². The quantitative estimate of drug-likeness (QED) is 0.562. The van der Waals surface area contributed by atoms with Crippen LogP contribution in [0.2, 0.25) is 5.02 Å². The second-order valence-corrected chi connectivity index (χ2v) is 8.03. The lowest BCUT2D eigenvalue weighted by Crippen LogP contribution is -2.23. The van der Waals surface area contributed by atoms with Gasteiger partial charge in [0.05, 0.1) is 16.8 Å². The highest BCUT2D eigenvalue weighted by atomic mass is 35.5. The lowest BCUT2D eigenvalue weighted by atomic mass is 10.0. The van der Waals surface area contributed by atoms with E-state index in [2.05, 4.69) is 24.9 Å². The van der Waals surface area contributed by atoms with E-state index < -0.39 is 5.91 Å². The maximum Gasteiger partial charge on any atom is 0.326 e. The Bertz CT molecular complexity index is 1100. The molecule has 2 aromatic carbocycles. The smallest absolute Gasteiger partial charge is 0.326 e. The minimum Gasteiger partial charge on any atom is -0.465 e. The number of rotatable bonds is 5. The van der Waals surface area contributed by atoms with Crippen LogP contribution in [0.15, 0.2) is 47.5 Å². The third-order valence-electron chi connectivity index (χ3n) is 4.23. The lowest BCUT2D eigenvalue weighted by Gasteiger charge is -2.07. The van der Waals surface area contributed by atoms with Gasteiger partial charge in [0.25, 0.3) is 5.91 Å². The van der Waals surface area contributed by atoms with Gasteiger partial charge in [-0.2, -0.15) is 4.99 Å². The molecule has 1 amide bonds. The highest BCUT2D eigenvalue weighted by molar-refractivity contribution is 7.16. The van der Waals surface area contributed by atoms with Crippen LogP contribution in [0.3, 0.4) is 0 Å². The fourth-order valence-electron chi connectivity index (χ4n) is 2.80. The summed E-state index contributed by atoms with van der Waals surface area (Å²) < 4.78 is 7.78. The summed E-state index contributed by atoms with van der Waals surface area (Å²) in [6, 6.07) is 12.7. The normalized spacial score (nSPS) is 12.0. The molecule has 1 heterocycles. The molecule has 0 bridgehead atoms. The van der Waals surface area contributed by atoms with Crippen LogP contribution in [-0.2, 0) is 16.1 Å². The molecule has 28 heavy (non-hydrogen) atoms. The monoisotopic (exact) mass is 416 g/mol. The second-order valence-electron chi connectivity index (χ2n) is 6.58. The van der Waals surface area contributed by atoms with Crippen LogP contribution < -0.4 is 4.80 Å². The average Bonchev–Trinajstić information content (AvgIpc) is 2.98. The summed E-state index contributed by atoms with van der Waals surface area (Å²) >= 11 is 7.36. The van der Waals surface area contributed by atoms with E-state index in [0.29, 0.717) is 27.9 Å². The Labute approximate surface area is 172 Å². The van der Waals surface area contributed by atoms with Crippen LogP contribution in [0.5, 0.6) is 0 Å². The van der Waals surface area contributed by atoms with Crippen LogP contribution in [0, 0.1) is 0 Å². The minimum atomic E-state index is -0.407. The van der Waals surface area contributed by atoms with Crippen LogP contribution in [0.1, 0.15) is 42.6 Å². The van der Waals surface area contributed by atoms with Crippen LogP contribution in [-0.4, -0.2) is 23.1 Å². The van der Waals surface area contributed by atoms with Gasteiger partial charge in [-0.1, -0.05) is 48.9 Å². The van der Waals surface area contributed by atoms with Crippen LogP contribution in [0.4, 0.5) is 0 Å². The molecule has 0 spiro atoms. The lowest BCUT2D eigenvalue weighted by molar-refractivity contribution is -0.143. The molecule has 0 unspecified atom stereocenters. The molecule has 0 N–H and O–H groups in total. The molecule has 0 radical (unpaired) electrons. The number of carbonyl (C=O) groups excluding carboxylic acids is 2. The Kier molecular flexibility index (Phi) is 6.31. The molecule has 0 saturated carbocycles. The number of thiazole rings is 1. The van der Waals surface area contributed by atoms with E-state index in [9.17, 15) is 9.59 Å². The molecular formula is C21H21ClN2O3S. The molecule has 0 aliphatic rings. The number of hydrogen-bond acceptors (Lipinski definition) is 4. The zero-order valence-corrected chi connectivity index (χ0v) is 17.5. The molecule has 5 nitrogen and oxygen atoms in total. The fourth-order valence-corrected chi connectivity index (χ4v) is 4.06. The molecule has 0 saturated heterocycles. The van der Waals surface area contributed by atoms with Gasteiger partial charge in [-0.05, 0) is 48.7 Å². The van der Waals surface area contributed by atoms with E-state index in [1.807, 2.05) is 12.1 Å². The number of hydrogen-bond donors (Lipinski definition) is 0. The summed E-state index contributed by atoms with van der Waals surface area (Å²) in [5.74, 6) is -0.402. The minimum absolute atomic E-state index is 0.00345. The Morgan fingerprint density at radius 2 is 2.00 bits per heavy atom. The maximum absolute atomic E-state index is 12.6. The van der Waals surface area contributed by atoms with Crippen molar-refractivity contribution in [2.75, 3.05) is 6.61 Å². The summed E-state index contributed by atoms with van der Waals surface area (Å²) in [7, 11) is 0. The van der Waals surface area contributed by atoms with Gasteiger partial charge in [0.15, 0.2) is 4.80 Å². The molecule has 1 aromatic heterocycles. The molecule has 3 aromatic rings. The first kappa shape index (κ1) is 20.3. The first-order chi connectivity index (χ1) is 13.4. The van der Waals surface area contributed by atoms with Gasteiger partial charge >= 0.3 is 5.97 Å². The predicted molar refractivity (Wildman–Crippen MR) is 112 cm³/mol. The number of amides is 1. The van der Waals surface area contributed by atoms with E-state index in [-0.39, 0.29) is 12.5 Å². The van der Waals surface area contributed by atoms with Crippen molar-refractivity contribution in [3.05, 3.63) is 63.4 Å². The summed E-state index contributed by atoms with van der Waals surface area (Å²) in [6.07, 6.45) is 0. The van der Waals surface area contributed by atoms with E-state index >= 15 is 0 Å². The summed E-state index contributed by atoms with van der Waals surface area (Å²) in [4.78, 5) is 29.5. The van der Waals surface area contributed by atoms with Crippen molar-refractivity contribution in [2.24, 2.45) is 4.99 Å². The van der Waals surface area contributed by atoms with Gasteiger partial charge in [-0.15, -0.1) is 0 Å². The number of carbonyl (C=O) groups is 2. The highest BCUT2D eigenvalue weighted by Gasteiger charge is 2.14. The third-order valence-corrected chi connectivity index (χ3v) is 5.51. The first-order valence-corrected chi connectivity index (χ1v) is 10.2. The molecule has 3 rings (SSSR count). The summed E-state index contributed by atoms with van der Waals surface area (Å²) in [5, 5.41) is 0.471. The van der Waals surface area contributed by atoms with Gasteiger partial charge in [0.2, 0.25) is 0 Å².